The van der Waals surface area contributed by atoms with Crippen LogP contribution >= 0.6 is 0 Å². The highest BCUT2D eigenvalue weighted by Crippen LogP contribution is 2.29. The molecule has 0 aliphatic carbocycles. The lowest BCUT2D eigenvalue weighted by molar-refractivity contribution is -0.275. The van der Waals surface area contributed by atoms with Crippen LogP contribution in [0.4, 0.5) is 13.2 Å². The van der Waals surface area contributed by atoms with E-state index >= 15 is 0 Å². The molecular weight excluding hydrogens is 373 g/mol. The third kappa shape index (κ3) is 5.74. The van der Waals surface area contributed by atoms with E-state index in [4.69, 9.17) is 0 Å². The van der Waals surface area contributed by atoms with Gasteiger partial charge in [0.1, 0.15) is 10.6 Å². The fourth-order valence-corrected chi connectivity index (χ4v) is 3.17. The second-order valence-electron chi connectivity index (χ2n) is 5.01. The van der Waals surface area contributed by atoms with E-state index < -0.39 is 32.9 Å². The molecule has 0 radical (unpaired) electrons. The van der Waals surface area contributed by atoms with Crippen molar-refractivity contribution in [3.05, 3.63) is 60.2 Å². The summed E-state index contributed by atoms with van der Waals surface area (Å²) >= 11 is 0. The molecule has 10 heteroatoms. The van der Waals surface area contributed by atoms with Crippen LogP contribution < -0.4 is 14.8 Å². The summed E-state index contributed by atoms with van der Waals surface area (Å²) in [5.74, 6) is -1.23. The minimum Gasteiger partial charge on any atom is -0.404 e. The maximum absolute atomic E-state index is 12.4. The Hall–Kier alpha value is -2.59. The maximum Gasteiger partial charge on any atom is 0.573 e. The monoisotopic (exact) mass is 388 g/mol. The Kier molecular flexibility index (Phi) is 6.22. The van der Waals surface area contributed by atoms with Crippen LogP contribution in [0.2, 0.25) is 0 Å². The molecule has 0 heterocycles. The van der Waals surface area contributed by atoms with Crippen molar-refractivity contribution in [2.75, 3.05) is 13.1 Å². The van der Waals surface area contributed by atoms with Crippen molar-refractivity contribution in [1.82, 2.24) is 10.0 Å². The van der Waals surface area contributed by atoms with Crippen molar-refractivity contribution in [3.8, 4) is 5.75 Å². The normalized spacial score (nSPS) is 11.8. The Morgan fingerprint density at radius 2 is 1.58 bits per heavy atom. The average molecular weight is 388 g/mol. The topological polar surface area (TPSA) is 84.5 Å². The fraction of sp³-hybridized carbons (Fsp3) is 0.188. The van der Waals surface area contributed by atoms with Gasteiger partial charge in [0.25, 0.3) is 5.91 Å². The summed E-state index contributed by atoms with van der Waals surface area (Å²) in [5.41, 5.74) is 0.402. The second kappa shape index (κ2) is 8.19. The highest BCUT2D eigenvalue weighted by atomic mass is 32.2. The van der Waals surface area contributed by atoms with Gasteiger partial charge in [0.05, 0.1) is 0 Å². The van der Waals surface area contributed by atoms with Crippen molar-refractivity contribution < 1.29 is 31.1 Å². The number of amides is 1. The number of alkyl halides is 3. The number of ether oxygens (including phenoxy) is 1. The summed E-state index contributed by atoms with van der Waals surface area (Å²) in [4.78, 5) is 11.2. The number of nitrogens with one attached hydrogen (secondary N) is 2. The standard InChI is InChI=1S/C16H15F3N2O4S/c17-16(18,19)25-13-8-4-5-9-14(13)26(23,24)21-11-10-20-15(22)12-6-2-1-3-7-12/h1-9,21H,10-11H2,(H,20,22). The van der Waals surface area contributed by atoms with Gasteiger partial charge in [0.15, 0.2) is 0 Å². The predicted molar refractivity (Wildman–Crippen MR) is 87.1 cm³/mol. The van der Waals surface area contributed by atoms with Crippen molar-refractivity contribution in [2.45, 2.75) is 11.3 Å². The molecule has 1 amide bonds. The van der Waals surface area contributed by atoms with Crippen LogP contribution in [0.1, 0.15) is 10.4 Å². The molecule has 26 heavy (non-hydrogen) atoms. The van der Waals surface area contributed by atoms with E-state index in [2.05, 4.69) is 14.8 Å². The molecule has 2 aromatic rings. The molecule has 140 valence electrons. The number of carbonyl (C=O) groups is 1. The lowest BCUT2D eigenvalue weighted by atomic mass is 10.2. The Morgan fingerprint density at radius 1 is 0.962 bits per heavy atom. The Labute approximate surface area is 148 Å². The number of hydrogen-bond acceptors (Lipinski definition) is 4. The average Bonchev–Trinajstić information content (AvgIpc) is 2.58. The number of halogens is 3. The van der Waals surface area contributed by atoms with Crippen LogP contribution in [0, 0.1) is 0 Å². The zero-order chi connectivity index (χ0) is 19.2. The Morgan fingerprint density at radius 3 is 2.23 bits per heavy atom. The molecule has 0 aromatic heterocycles. The first-order valence-electron chi connectivity index (χ1n) is 7.37. The number of rotatable bonds is 7. The van der Waals surface area contributed by atoms with Gasteiger partial charge in [-0.1, -0.05) is 30.3 Å². The van der Waals surface area contributed by atoms with Crippen LogP contribution in [-0.4, -0.2) is 33.8 Å². The van der Waals surface area contributed by atoms with Gasteiger partial charge in [0, 0.05) is 18.7 Å². The molecule has 0 spiro atoms. The van der Waals surface area contributed by atoms with E-state index in [9.17, 15) is 26.4 Å². The predicted octanol–water partition coefficient (Wildman–Crippen LogP) is 2.29. The van der Waals surface area contributed by atoms with Crippen LogP contribution in [0.5, 0.6) is 5.75 Å². The van der Waals surface area contributed by atoms with Crippen LogP contribution in [0.15, 0.2) is 59.5 Å². The maximum atomic E-state index is 12.4. The molecule has 0 atom stereocenters. The van der Waals surface area contributed by atoms with Gasteiger partial charge in [-0.2, -0.15) is 0 Å². The van der Waals surface area contributed by atoms with Crippen molar-refractivity contribution in [1.29, 1.82) is 0 Å². The van der Waals surface area contributed by atoms with Crippen LogP contribution in [0.25, 0.3) is 0 Å². The largest absolute Gasteiger partial charge is 0.573 e. The summed E-state index contributed by atoms with van der Waals surface area (Å²) < 4.78 is 67.4. The molecule has 0 aliphatic rings. The van der Waals surface area contributed by atoms with Gasteiger partial charge < -0.3 is 10.1 Å². The summed E-state index contributed by atoms with van der Waals surface area (Å²) in [7, 11) is -4.25. The molecule has 2 aromatic carbocycles. The van der Waals surface area contributed by atoms with Crippen molar-refractivity contribution in [2.24, 2.45) is 0 Å². The van der Waals surface area contributed by atoms with Gasteiger partial charge in [-0.25, -0.2) is 13.1 Å². The van der Waals surface area contributed by atoms with E-state index in [1.165, 1.54) is 12.1 Å². The summed E-state index contributed by atoms with van der Waals surface area (Å²) in [6.45, 7) is -0.253. The lowest BCUT2D eigenvalue weighted by Crippen LogP contribution is -2.35. The van der Waals surface area contributed by atoms with Crippen LogP contribution in [-0.2, 0) is 10.0 Å². The van der Waals surface area contributed by atoms with Gasteiger partial charge in [0.2, 0.25) is 10.0 Å². The molecule has 0 fully saturated rings. The summed E-state index contributed by atoms with van der Waals surface area (Å²) in [5, 5.41) is 2.50. The van der Waals surface area contributed by atoms with Crippen molar-refractivity contribution in [3.63, 3.8) is 0 Å². The summed E-state index contributed by atoms with van der Waals surface area (Å²) in [6.07, 6.45) is -5.02. The summed E-state index contributed by atoms with van der Waals surface area (Å²) in [6, 6.07) is 12.7. The van der Waals surface area contributed by atoms with E-state index in [0.717, 1.165) is 12.1 Å². The number of para-hydroxylation sites is 1. The smallest absolute Gasteiger partial charge is 0.404 e. The second-order valence-corrected chi connectivity index (χ2v) is 6.75. The molecule has 0 saturated carbocycles. The molecule has 2 N–H and O–H groups in total. The lowest BCUT2D eigenvalue weighted by Gasteiger charge is -2.14. The number of sulfonamides is 1. The first kappa shape index (κ1) is 19.7. The number of hydrogen-bond donors (Lipinski definition) is 2. The highest BCUT2D eigenvalue weighted by Gasteiger charge is 2.33. The van der Waals surface area contributed by atoms with E-state index in [0.29, 0.717) is 5.56 Å². The quantitative estimate of drug-likeness (QED) is 0.713. The van der Waals surface area contributed by atoms with Gasteiger partial charge in [-0.05, 0) is 24.3 Å². The highest BCUT2D eigenvalue weighted by molar-refractivity contribution is 7.89. The van der Waals surface area contributed by atoms with E-state index in [1.807, 2.05) is 0 Å². The third-order valence-corrected chi connectivity index (χ3v) is 4.60. The molecule has 0 aliphatic heterocycles. The number of benzene rings is 2. The molecular formula is C16H15F3N2O4S. The molecule has 2 rings (SSSR count). The molecule has 0 bridgehead atoms. The van der Waals surface area contributed by atoms with Crippen molar-refractivity contribution >= 4 is 15.9 Å². The Bertz CT molecular complexity index is 855. The van der Waals surface area contributed by atoms with E-state index in [1.54, 1.807) is 30.3 Å². The van der Waals surface area contributed by atoms with Crippen LogP contribution in [0.3, 0.4) is 0 Å². The number of carbonyl (C=O) groups excluding carboxylic acids is 1. The molecule has 0 saturated heterocycles. The fourth-order valence-electron chi connectivity index (χ4n) is 2.01. The zero-order valence-electron chi connectivity index (χ0n) is 13.3. The van der Waals surface area contributed by atoms with Gasteiger partial charge in [-0.3, -0.25) is 4.79 Å². The SMILES string of the molecule is O=C(NCCNS(=O)(=O)c1ccccc1OC(F)(F)F)c1ccccc1. The van der Waals surface area contributed by atoms with E-state index in [-0.39, 0.29) is 13.1 Å². The van der Waals surface area contributed by atoms with Gasteiger partial charge >= 0.3 is 6.36 Å². The first-order valence-corrected chi connectivity index (χ1v) is 8.85. The molecule has 6 nitrogen and oxygen atoms in total. The third-order valence-electron chi connectivity index (χ3n) is 3.10. The first-order chi connectivity index (χ1) is 12.2. The minimum absolute atomic E-state index is 0.0464. The minimum atomic E-state index is -5.02. The molecule has 0 unspecified atom stereocenters. The zero-order valence-corrected chi connectivity index (χ0v) is 14.1. The van der Waals surface area contributed by atoms with Gasteiger partial charge in [-0.15, -0.1) is 13.2 Å². The Balaban J connectivity index is 1.96.